The van der Waals surface area contributed by atoms with Gasteiger partial charge in [0.15, 0.2) is 0 Å². The summed E-state index contributed by atoms with van der Waals surface area (Å²) in [6, 6.07) is 5.77. The van der Waals surface area contributed by atoms with Gasteiger partial charge < -0.3 is 10.1 Å². The molecule has 1 fully saturated rings. The van der Waals surface area contributed by atoms with Crippen molar-refractivity contribution in [1.82, 2.24) is 5.32 Å². The van der Waals surface area contributed by atoms with Gasteiger partial charge in [-0.2, -0.15) is 0 Å². The van der Waals surface area contributed by atoms with Crippen LogP contribution in [0.15, 0.2) is 27.6 Å². The SMILES string of the molecule is CCCCOc1ccc(Br)cc1C=C1SC(=S)NC1=O. The Morgan fingerprint density at radius 3 is 2.95 bits per heavy atom. The molecule has 2 rings (SSSR count). The first kappa shape index (κ1) is 15.5. The quantitative estimate of drug-likeness (QED) is 0.480. The molecule has 0 unspecified atom stereocenters. The second-order valence-electron chi connectivity index (χ2n) is 4.24. The van der Waals surface area contributed by atoms with Gasteiger partial charge in [0, 0.05) is 10.0 Å². The molecule has 1 aromatic carbocycles. The van der Waals surface area contributed by atoms with Crippen molar-refractivity contribution < 1.29 is 9.53 Å². The molecule has 0 spiro atoms. The summed E-state index contributed by atoms with van der Waals surface area (Å²) in [6.07, 6.45) is 3.90. The standard InChI is InChI=1S/C14H14BrNO2S2/c1-2-3-6-18-11-5-4-10(15)7-9(11)8-12-13(17)16-14(19)20-12/h4-5,7-8H,2-3,6H2,1H3,(H,16,17,19). The zero-order chi connectivity index (χ0) is 14.5. The summed E-state index contributed by atoms with van der Waals surface area (Å²) in [5.41, 5.74) is 0.873. The van der Waals surface area contributed by atoms with Gasteiger partial charge in [0.05, 0.1) is 11.5 Å². The van der Waals surface area contributed by atoms with Crippen molar-refractivity contribution in [1.29, 1.82) is 0 Å². The Labute approximate surface area is 136 Å². The minimum Gasteiger partial charge on any atom is -0.493 e. The van der Waals surface area contributed by atoms with Gasteiger partial charge in [-0.1, -0.05) is 53.3 Å². The van der Waals surface area contributed by atoms with Crippen LogP contribution in [0.2, 0.25) is 0 Å². The van der Waals surface area contributed by atoms with E-state index in [0.717, 1.165) is 28.6 Å². The normalized spacial score (nSPS) is 16.6. The maximum Gasteiger partial charge on any atom is 0.263 e. The van der Waals surface area contributed by atoms with E-state index in [4.69, 9.17) is 17.0 Å². The topological polar surface area (TPSA) is 38.3 Å². The van der Waals surface area contributed by atoms with Crippen LogP contribution in [0.25, 0.3) is 6.08 Å². The van der Waals surface area contributed by atoms with E-state index >= 15 is 0 Å². The number of hydrogen-bond donors (Lipinski definition) is 1. The first-order valence-electron chi connectivity index (χ1n) is 6.27. The van der Waals surface area contributed by atoms with Crippen LogP contribution < -0.4 is 10.1 Å². The number of thioether (sulfide) groups is 1. The number of rotatable bonds is 5. The molecule has 1 aliphatic heterocycles. The third kappa shape index (κ3) is 4.07. The van der Waals surface area contributed by atoms with E-state index in [0.29, 0.717) is 15.8 Å². The lowest BCUT2D eigenvalue weighted by Crippen LogP contribution is -2.17. The molecule has 0 radical (unpaired) electrons. The Kier molecular flexibility index (Phi) is 5.63. The molecule has 1 amide bonds. The van der Waals surface area contributed by atoms with Crippen molar-refractivity contribution in [2.75, 3.05) is 6.61 Å². The molecule has 0 aromatic heterocycles. The number of hydrogen-bond acceptors (Lipinski definition) is 4. The van der Waals surface area contributed by atoms with E-state index in [9.17, 15) is 4.79 Å². The highest BCUT2D eigenvalue weighted by Gasteiger charge is 2.22. The zero-order valence-electron chi connectivity index (χ0n) is 10.9. The predicted molar refractivity (Wildman–Crippen MR) is 90.9 cm³/mol. The monoisotopic (exact) mass is 371 g/mol. The summed E-state index contributed by atoms with van der Waals surface area (Å²) in [6.45, 7) is 2.79. The number of benzene rings is 1. The zero-order valence-corrected chi connectivity index (χ0v) is 14.2. The van der Waals surface area contributed by atoms with Crippen molar-refractivity contribution in [3.05, 3.63) is 33.1 Å². The number of carbonyl (C=O) groups is 1. The fourth-order valence-electron chi connectivity index (χ4n) is 1.65. The van der Waals surface area contributed by atoms with Crippen molar-refractivity contribution >= 4 is 56.2 Å². The van der Waals surface area contributed by atoms with E-state index in [2.05, 4.69) is 28.2 Å². The number of thiocarbonyl (C=S) groups is 1. The summed E-state index contributed by atoms with van der Waals surface area (Å²) < 4.78 is 7.20. The highest BCUT2D eigenvalue weighted by Crippen LogP contribution is 2.31. The third-order valence-corrected chi connectivity index (χ3v) is 4.31. The van der Waals surface area contributed by atoms with Gasteiger partial charge >= 0.3 is 0 Å². The summed E-state index contributed by atoms with van der Waals surface area (Å²) in [7, 11) is 0. The van der Waals surface area contributed by atoms with E-state index in [1.807, 2.05) is 24.3 Å². The molecule has 0 bridgehead atoms. The Morgan fingerprint density at radius 2 is 2.30 bits per heavy atom. The number of halogens is 1. The van der Waals surface area contributed by atoms with Gasteiger partial charge in [-0.05, 0) is 30.7 Å². The molecule has 0 atom stereocenters. The number of unbranched alkanes of at least 4 members (excludes halogenated alkanes) is 1. The Morgan fingerprint density at radius 1 is 1.50 bits per heavy atom. The second kappa shape index (κ2) is 7.24. The van der Waals surface area contributed by atoms with Crippen LogP contribution in [0.4, 0.5) is 0 Å². The summed E-state index contributed by atoms with van der Waals surface area (Å²) in [5, 5.41) is 2.61. The van der Waals surface area contributed by atoms with Crippen molar-refractivity contribution in [2.45, 2.75) is 19.8 Å². The molecule has 20 heavy (non-hydrogen) atoms. The van der Waals surface area contributed by atoms with Crippen molar-refractivity contribution in [3.8, 4) is 5.75 Å². The fraction of sp³-hybridized carbons (Fsp3) is 0.286. The Balaban J connectivity index is 2.25. The van der Waals surface area contributed by atoms with E-state index in [1.54, 1.807) is 0 Å². The van der Waals surface area contributed by atoms with Gasteiger partial charge in [0.2, 0.25) is 0 Å². The lowest BCUT2D eigenvalue weighted by Gasteiger charge is -2.09. The largest absolute Gasteiger partial charge is 0.493 e. The smallest absolute Gasteiger partial charge is 0.263 e. The molecule has 0 aliphatic carbocycles. The number of ether oxygens (including phenoxy) is 1. The molecule has 6 heteroatoms. The first-order valence-corrected chi connectivity index (χ1v) is 8.29. The van der Waals surface area contributed by atoms with Gasteiger partial charge in [-0.15, -0.1) is 0 Å². The highest BCUT2D eigenvalue weighted by atomic mass is 79.9. The summed E-state index contributed by atoms with van der Waals surface area (Å²) >= 11 is 9.69. The van der Waals surface area contributed by atoms with Gasteiger partial charge in [0.25, 0.3) is 5.91 Å². The third-order valence-electron chi connectivity index (χ3n) is 2.66. The number of amides is 1. The molecule has 1 saturated heterocycles. The van der Waals surface area contributed by atoms with E-state index < -0.39 is 0 Å². The molecule has 106 valence electrons. The van der Waals surface area contributed by atoms with Crippen LogP contribution in [0.1, 0.15) is 25.3 Å². The highest BCUT2D eigenvalue weighted by molar-refractivity contribution is 9.10. The lowest BCUT2D eigenvalue weighted by molar-refractivity contribution is -0.115. The molecule has 3 nitrogen and oxygen atoms in total. The van der Waals surface area contributed by atoms with Gasteiger partial charge in [-0.25, -0.2) is 0 Å². The maximum absolute atomic E-state index is 11.7. The predicted octanol–water partition coefficient (Wildman–Crippen LogP) is 4.12. The van der Waals surface area contributed by atoms with Crippen LogP contribution in [-0.4, -0.2) is 16.8 Å². The molecule has 1 heterocycles. The lowest BCUT2D eigenvalue weighted by atomic mass is 10.2. The van der Waals surface area contributed by atoms with Crippen LogP contribution in [-0.2, 0) is 4.79 Å². The van der Waals surface area contributed by atoms with Crippen molar-refractivity contribution in [2.24, 2.45) is 0 Å². The van der Waals surface area contributed by atoms with Crippen molar-refractivity contribution in [3.63, 3.8) is 0 Å². The Hall–Kier alpha value is -0.850. The molecule has 0 saturated carbocycles. The van der Waals surface area contributed by atoms with E-state index in [-0.39, 0.29) is 5.91 Å². The second-order valence-corrected chi connectivity index (χ2v) is 6.87. The van der Waals surface area contributed by atoms with Gasteiger partial charge in [-0.3, -0.25) is 4.79 Å². The minimum atomic E-state index is -0.153. The van der Waals surface area contributed by atoms with Crippen LogP contribution >= 0.6 is 39.9 Å². The molecule has 1 aromatic rings. The maximum atomic E-state index is 11.7. The molecule has 1 N–H and O–H groups in total. The first-order chi connectivity index (χ1) is 9.60. The van der Waals surface area contributed by atoms with Crippen LogP contribution in [0, 0.1) is 0 Å². The van der Waals surface area contributed by atoms with Crippen LogP contribution in [0.5, 0.6) is 5.75 Å². The fourth-order valence-corrected chi connectivity index (χ4v) is 3.07. The van der Waals surface area contributed by atoms with Gasteiger partial charge in [0.1, 0.15) is 10.1 Å². The van der Waals surface area contributed by atoms with Crippen LogP contribution in [0.3, 0.4) is 0 Å². The average molecular weight is 372 g/mol. The number of nitrogens with one attached hydrogen (secondary N) is 1. The molecular formula is C14H14BrNO2S2. The molecular weight excluding hydrogens is 358 g/mol. The summed E-state index contributed by atoms with van der Waals surface area (Å²) in [4.78, 5) is 12.3. The minimum absolute atomic E-state index is 0.153. The number of carbonyl (C=O) groups excluding carboxylic acids is 1. The van der Waals surface area contributed by atoms with E-state index in [1.165, 1.54) is 11.8 Å². The Bertz CT molecular complexity index is 572. The summed E-state index contributed by atoms with van der Waals surface area (Å²) in [5.74, 6) is 0.625. The molecule has 1 aliphatic rings. The average Bonchev–Trinajstić information content (AvgIpc) is 2.71.